The molecular weight excluding hydrogens is 1140 g/mol. The van der Waals surface area contributed by atoms with Gasteiger partial charge in [-0.25, -0.2) is 0 Å². The molecule has 0 atom stereocenters. The van der Waals surface area contributed by atoms with Crippen LogP contribution in [0.25, 0.3) is 0 Å². The molecule has 106 valence electrons. The molecule has 0 amide bonds. The number of halogens is 2. The molecule has 0 aromatic rings. The Hall–Kier alpha value is 4.22. The van der Waals surface area contributed by atoms with E-state index in [1.54, 1.807) is 45.1 Å². The molecule has 0 saturated heterocycles. The van der Waals surface area contributed by atoms with Crippen LogP contribution in [0, 0.1) is 12.8 Å². The fourth-order valence-corrected chi connectivity index (χ4v) is 13.6. The predicted octanol–water partition coefficient (Wildman–Crippen LogP) is -3.41. The third-order valence-electron chi connectivity index (χ3n) is 2.31. The Kier molecular flexibility index (Phi) is 44.5. The molecular formula is C12H20Bi4Cl2Zr. The molecule has 0 aromatic carbocycles. The van der Waals surface area contributed by atoms with Gasteiger partial charge in [0.2, 0.25) is 0 Å². The predicted molar refractivity (Wildman–Crippen MR) is 79.7 cm³/mol. The average Bonchev–Trinajstić information content (AvgIpc) is 2.35. The number of rotatable bonds is 4. The van der Waals surface area contributed by atoms with Crippen molar-refractivity contribution in [2.75, 3.05) is 0 Å². The summed E-state index contributed by atoms with van der Waals surface area (Å²) >= 11 is 3.16. The van der Waals surface area contributed by atoms with Gasteiger partial charge in [0, 0.05) is 0 Å². The molecule has 19 heavy (non-hydrogen) atoms. The summed E-state index contributed by atoms with van der Waals surface area (Å²) in [5.74, 6) is 0. The van der Waals surface area contributed by atoms with Crippen molar-refractivity contribution in [2.45, 2.75) is 41.5 Å². The third kappa shape index (κ3) is 22.2. The van der Waals surface area contributed by atoms with E-state index in [1.165, 1.54) is 11.1 Å². The number of hydrogen-bond acceptors (Lipinski definition) is 0. The molecule has 2 radical (unpaired) electrons. The molecule has 0 aliphatic heterocycles. The fraction of sp³-hybridized carbons (Fsp3) is 0.500. The number of hydrogen-bond donors (Lipinski definition) is 0. The zero-order chi connectivity index (χ0) is 13.1. The molecule has 0 aliphatic rings. The molecule has 0 saturated carbocycles. The minimum Gasteiger partial charge on any atom is -1.00 e. The van der Waals surface area contributed by atoms with Gasteiger partial charge in [0.25, 0.3) is 0 Å². The van der Waals surface area contributed by atoms with Gasteiger partial charge in [-0.3, -0.25) is 0 Å². The standard InChI is InChI=1S/2C6H10.4Bi.2ClH.Zr/c2*1-4-6(3)5-2;;;;;;;/h2*4H,1-3H3;;;;;2*1H;/q2*-1;;;;;;;+4/p-2. The maximum absolute atomic E-state index is 2.28. The molecule has 0 heterocycles. The summed E-state index contributed by atoms with van der Waals surface area (Å²) in [6.07, 6.45) is 4.43. The maximum Gasteiger partial charge on any atom is 4.00 e. The van der Waals surface area contributed by atoms with Crippen molar-refractivity contribution >= 4 is 74.1 Å². The van der Waals surface area contributed by atoms with E-state index in [0.717, 1.165) is 0 Å². The number of allylic oxidation sites excluding steroid dienone is 4. The van der Waals surface area contributed by atoms with Crippen molar-refractivity contribution in [2.24, 2.45) is 0 Å². The van der Waals surface area contributed by atoms with Crippen LogP contribution in [0.15, 0.2) is 17.7 Å². The van der Waals surface area contributed by atoms with Crippen molar-refractivity contribution in [1.29, 1.82) is 0 Å². The molecule has 0 nitrogen and oxygen atoms in total. The van der Waals surface area contributed by atoms with E-state index in [0.29, 0.717) is 0 Å². The van der Waals surface area contributed by atoms with Crippen LogP contribution in [0.4, 0.5) is 0 Å². The summed E-state index contributed by atoms with van der Waals surface area (Å²) in [7, 11) is 0. The first-order valence-electron chi connectivity index (χ1n) is 5.08. The second-order valence-corrected chi connectivity index (χ2v) is 23.7. The first-order chi connectivity index (χ1) is 7.44. The fourth-order valence-electron chi connectivity index (χ4n) is 0.576. The van der Waals surface area contributed by atoms with Crippen LogP contribution in [0.2, 0.25) is 0 Å². The third-order valence-corrected chi connectivity index (χ3v) is 27.8. The van der Waals surface area contributed by atoms with Crippen molar-refractivity contribution in [3.8, 4) is 0 Å². The Morgan fingerprint density at radius 2 is 0.947 bits per heavy atom. The largest absolute Gasteiger partial charge is 4.00 e. The monoisotopic (exact) mass is 1160 g/mol. The van der Waals surface area contributed by atoms with E-state index in [-0.39, 0.29) is 86.6 Å². The van der Waals surface area contributed by atoms with E-state index < -0.39 is 0 Å². The zero-order valence-corrected chi connectivity index (χ0v) is 30.1. The SMILES string of the molecule is C[CH-]C(C)=[C](C)[Bi]=[Bi].C[CH-]C(C)=[C](C)[Bi]=[Bi].[Cl-].[Cl-].[Zr+4]. The molecule has 0 N–H and O–H groups in total. The van der Waals surface area contributed by atoms with Crippen molar-refractivity contribution < 1.29 is 51.0 Å². The Balaban J connectivity index is -0.0000000594. The van der Waals surface area contributed by atoms with E-state index >= 15 is 0 Å². The molecule has 0 spiro atoms. The smallest absolute Gasteiger partial charge is 1.00 e. The summed E-state index contributed by atoms with van der Waals surface area (Å²) in [5, 5.41) is 0. The summed E-state index contributed by atoms with van der Waals surface area (Å²) in [6.45, 7) is 13.2. The van der Waals surface area contributed by atoms with Gasteiger partial charge >= 0.3 is 172 Å². The summed E-state index contributed by atoms with van der Waals surface area (Å²) in [6, 6.07) is 0. The van der Waals surface area contributed by atoms with Crippen LogP contribution in [0.3, 0.4) is 0 Å². The molecule has 0 aliphatic carbocycles. The van der Waals surface area contributed by atoms with Crippen LogP contribution in [-0.2, 0) is 26.2 Å². The topological polar surface area (TPSA) is 0 Å². The molecule has 0 unspecified atom stereocenters. The zero-order valence-electron chi connectivity index (χ0n) is 12.2. The quantitative estimate of drug-likeness (QED) is 0.204. The first-order valence-corrected chi connectivity index (χ1v) is 39.0. The normalized spacial score (nSPS) is 10.4. The molecule has 0 fully saturated rings. The average molecular weight is 1160 g/mol. The minimum atomic E-state index is -0.0751. The van der Waals surface area contributed by atoms with Gasteiger partial charge in [-0.05, 0) is 0 Å². The van der Waals surface area contributed by atoms with Gasteiger partial charge in [0.15, 0.2) is 0 Å². The van der Waals surface area contributed by atoms with Gasteiger partial charge in [-0.2, -0.15) is 0 Å². The van der Waals surface area contributed by atoms with E-state index in [1.807, 2.05) is 0 Å². The van der Waals surface area contributed by atoms with Crippen LogP contribution in [0.1, 0.15) is 41.5 Å². The van der Waals surface area contributed by atoms with Crippen LogP contribution in [-0.4, -0.2) is 74.1 Å². The van der Waals surface area contributed by atoms with Crippen LogP contribution in [0.5, 0.6) is 0 Å². The summed E-state index contributed by atoms with van der Waals surface area (Å²) in [5.41, 5.74) is 3.06. The Morgan fingerprint density at radius 3 is 1.00 bits per heavy atom. The van der Waals surface area contributed by atoms with E-state index in [2.05, 4.69) is 54.4 Å². The minimum absolute atomic E-state index is 0. The summed E-state index contributed by atoms with van der Waals surface area (Å²) < 4.78 is 3.45. The van der Waals surface area contributed by atoms with Crippen molar-refractivity contribution in [1.82, 2.24) is 0 Å². The molecule has 0 rings (SSSR count). The van der Waals surface area contributed by atoms with Crippen molar-refractivity contribution in [3.63, 3.8) is 0 Å². The second-order valence-electron chi connectivity index (χ2n) is 3.31. The maximum atomic E-state index is 2.28. The van der Waals surface area contributed by atoms with Gasteiger partial charge in [-0.1, -0.05) is 0 Å². The Labute approximate surface area is 193 Å². The van der Waals surface area contributed by atoms with Gasteiger partial charge in [-0.15, -0.1) is 0 Å². The van der Waals surface area contributed by atoms with Crippen LogP contribution < -0.4 is 24.8 Å². The first kappa shape index (κ1) is 34.5. The van der Waals surface area contributed by atoms with Gasteiger partial charge in [0.05, 0.1) is 0 Å². The second kappa shape index (κ2) is 24.5. The van der Waals surface area contributed by atoms with Crippen LogP contribution >= 0.6 is 0 Å². The molecule has 7 heteroatoms. The Morgan fingerprint density at radius 1 is 0.737 bits per heavy atom. The van der Waals surface area contributed by atoms with Gasteiger partial charge in [0.1, 0.15) is 0 Å². The molecule has 0 aromatic heterocycles. The molecule has 0 bridgehead atoms. The summed E-state index contributed by atoms with van der Waals surface area (Å²) in [4.78, 5) is 0. The Bertz CT molecular complexity index is 272. The van der Waals surface area contributed by atoms with E-state index in [9.17, 15) is 0 Å². The van der Waals surface area contributed by atoms with Crippen molar-refractivity contribution in [3.05, 3.63) is 30.5 Å². The van der Waals surface area contributed by atoms with E-state index in [4.69, 9.17) is 0 Å². The van der Waals surface area contributed by atoms with Gasteiger partial charge < -0.3 is 24.8 Å².